The van der Waals surface area contributed by atoms with E-state index in [-0.39, 0.29) is 13.0 Å². The lowest BCUT2D eigenvalue weighted by atomic mass is 10.2. The second kappa shape index (κ2) is 5.09. The minimum atomic E-state index is -0.977. The van der Waals surface area contributed by atoms with Crippen LogP contribution in [0.2, 0.25) is 0 Å². The highest BCUT2D eigenvalue weighted by atomic mass is 16.7. The van der Waals surface area contributed by atoms with E-state index in [1.807, 2.05) is 0 Å². The van der Waals surface area contributed by atoms with E-state index in [2.05, 4.69) is 0 Å². The van der Waals surface area contributed by atoms with E-state index in [9.17, 15) is 14.7 Å². The summed E-state index contributed by atoms with van der Waals surface area (Å²) in [7, 11) is 0. The van der Waals surface area contributed by atoms with Gasteiger partial charge < -0.3 is 19.3 Å². The molecule has 1 heterocycles. The summed E-state index contributed by atoms with van der Waals surface area (Å²) in [6, 6.07) is 0. The number of carbonyl (C=O) groups excluding carboxylic acids is 2. The van der Waals surface area contributed by atoms with Crippen LogP contribution < -0.4 is 0 Å². The summed E-state index contributed by atoms with van der Waals surface area (Å²) >= 11 is 0. The number of rotatable bonds is 3. The second-order valence-corrected chi connectivity index (χ2v) is 3.32. The van der Waals surface area contributed by atoms with Crippen molar-refractivity contribution in [2.45, 2.75) is 38.8 Å². The molecule has 0 saturated carbocycles. The van der Waals surface area contributed by atoms with E-state index in [0.29, 0.717) is 0 Å². The van der Waals surface area contributed by atoms with Gasteiger partial charge >= 0.3 is 11.9 Å². The molecule has 0 aromatic carbocycles. The van der Waals surface area contributed by atoms with Crippen molar-refractivity contribution in [3.05, 3.63) is 0 Å². The van der Waals surface area contributed by atoms with Crippen LogP contribution in [0.1, 0.15) is 20.3 Å². The molecule has 6 nitrogen and oxygen atoms in total. The van der Waals surface area contributed by atoms with Gasteiger partial charge in [0, 0.05) is 20.3 Å². The fourth-order valence-corrected chi connectivity index (χ4v) is 1.38. The normalized spacial score (nSPS) is 29.9. The first kappa shape index (κ1) is 11.9. The average Bonchev–Trinajstić information content (AvgIpc) is 2.41. The van der Waals surface area contributed by atoms with Crippen LogP contribution in [0.5, 0.6) is 0 Å². The van der Waals surface area contributed by atoms with E-state index in [4.69, 9.17) is 14.2 Å². The van der Waals surface area contributed by atoms with Crippen molar-refractivity contribution in [3.8, 4) is 0 Å². The lowest BCUT2D eigenvalue weighted by Crippen LogP contribution is -2.31. The molecule has 3 atom stereocenters. The van der Waals surface area contributed by atoms with Gasteiger partial charge in [0.05, 0.1) is 0 Å². The molecule has 0 unspecified atom stereocenters. The van der Waals surface area contributed by atoms with Crippen LogP contribution >= 0.6 is 0 Å². The van der Waals surface area contributed by atoms with Crippen molar-refractivity contribution < 1.29 is 28.9 Å². The van der Waals surface area contributed by atoms with Crippen LogP contribution in [0.15, 0.2) is 0 Å². The third-order valence-electron chi connectivity index (χ3n) is 1.95. The third kappa shape index (κ3) is 3.85. The van der Waals surface area contributed by atoms with Gasteiger partial charge in [0.2, 0.25) is 0 Å². The first-order valence-electron chi connectivity index (χ1n) is 4.63. The van der Waals surface area contributed by atoms with Crippen LogP contribution in [-0.2, 0) is 23.8 Å². The summed E-state index contributed by atoms with van der Waals surface area (Å²) < 4.78 is 14.7. The Morgan fingerprint density at radius 2 is 2.07 bits per heavy atom. The third-order valence-corrected chi connectivity index (χ3v) is 1.95. The molecule has 15 heavy (non-hydrogen) atoms. The molecule has 0 aromatic rings. The van der Waals surface area contributed by atoms with Crippen molar-refractivity contribution in [2.75, 3.05) is 6.61 Å². The Labute approximate surface area is 87.1 Å². The van der Waals surface area contributed by atoms with Crippen molar-refractivity contribution >= 4 is 11.9 Å². The van der Waals surface area contributed by atoms with Crippen LogP contribution in [0.3, 0.4) is 0 Å². The van der Waals surface area contributed by atoms with Gasteiger partial charge in [0.15, 0.2) is 6.29 Å². The molecule has 6 heteroatoms. The van der Waals surface area contributed by atoms with Gasteiger partial charge in [-0.2, -0.15) is 0 Å². The zero-order chi connectivity index (χ0) is 11.4. The Bertz CT molecular complexity index is 251. The number of hydrogen-bond donors (Lipinski definition) is 1. The average molecular weight is 218 g/mol. The predicted molar refractivity (Wildman–Crippen MR) is 47.7 cm³/mol. The smallest absolute Gasteiger partial charge is 0.303 e. The monoisotopic (exact) mass is 218 g/mol. The maximum atomic E-state index is 10.7. The maximum absolute atomic E-state index is 10.7. The summed E-state index contributed by atoms with van der Waals surface area (Å²) in [5.74, 6) is -0.896. The zero-order valence-corrected chi connectivity index (χ0v) is 8.63. The number of carbonyl (C=O) groups is 2. The Kier molecular flexibility index (Phi) is 4.05. The number of esters is 2. The van der Waals surface area contributed by atoms with Crippen LogP contribution in [0.25, 0.3) is 0 Å². The maximum Gasteiger partial charge on any atom is 0.303 e. The van der Waals surface area contributed by atoms with E-state index in [1.54, 1.807) is 0 Å². The fraction of sp³-hybridized carbons (Fsp3) is 0.778. The highest BCUT2D eigenvalue weighted by Crippen LogP contribution is 2.22. The van der Waals surface area contributed by atoms with Crippen LogP contribution in [0.4, 0.5) is 0 Å². The standard InChI is InChI=1S/C9H14O6/c1-5(10)13-4-8-7(14-6(2)11)3-9(12)15-8/h7-9,12H,3-4H2,1-2H3/t7-,8+,9+/m0/s1. The highest BCUT2D eigenvalue weighted by molar-refractivity contribution is 5.66. The van der Waals surface area contributed by atoms with E-state index < -0.39 is 30.4 Å². The lowest BCUT2D eigenvalue weighted by Gasteiger charge is -2.17. The van der Waals surface area contributed by atoms with Gasteiger partial charge in [-0.3, -0.25) is 9.59 Å². The Morgan fingerprint density at radius 1 is 1.40 bits per heavy atom. The molecule has 0 aliphatic carbocycles. The molecule has 0 spiro atoms. The first-order valence-corrected chi connectivity index (χ1v) is 4.63. The van der Waals surface area contributed by atoms with Gasteiger partial charge in [-0.15, -0.1) is 0 Å². The number of aliphatic hydroxyl groups excluding tert-OH is 1. The first-order chi connectivity index (χ1) is 6.99. The Morgan fingerprint density at radius 3 is 2.60 bits per heavy atom. The van der Waals surface area contributed by atoms with Crippen molar-refractivity contribution in [1.82, 2.24) is 0 Å². The molecule has 0 aromatic heterocycles. The van der Waals surface area contributed by atoms with Crippen LogP contribution in [0, 0.1) is 0 Å². The number of aliphatic hydroxyl groups is 1. The Hall–Kier alpha value is -1.14. The lowest BCUT2D eigenvalue weighted by molar-refractivity contribution is -0.159. The van der Waals surface area contributed by atoms with E-state index >= 15 is 0 Å². The molecule has 0 bridgehead atoms. The number of hydrogen-bond acceptors (Lipinski definition) is 6. The van der Waals surface area contributed by atoms with Gasteiger partial charge in [-0.05, 0) is 0 Å². The topological polar surface area (TPSA) is 82.1 Å². The second-order valence-electron chi connectivity index (χ2n) is 3.32. The largest absolute Gasteiger partial charge is 0.463 e. The van der Waals surface area contributed by atoms with Gasteiger partial charge in [-0.25, -0.2) is 0 Å². The van der Waals surface area contributed by atoms with Gasteiger partial charge in [-0.1, -0.05) is 0 Å². The minimum Gasteiger partial charge on any atom is -0.463 e. The molecule has 1 aliphatic rings. The summed E-state index contributed by atoms with van der Waals surface area (Å²) in [6.45, 7) is 2.52. The van der Waals surface area contributed by atoms with Gasteiger partial charge in [0.25, 0.3) is 0 Å². The van der Waals surface area contributed by atoms with Crippen molar-refractivity contribution in [3.63, 3.8) is 0 Å². The molecule has 0 amide bonds. The fourth-order valence-electron chi connectivity index (χ4n) is 1.38. The number of ether oxygens (including phenoxy) is 3. The Balaban J connectivity index is 2.45. The summed E-state index contributed by atoms with van der Waals surface area (Å²) in [4.78, 5) is 21.3. The summed E-state index contributed by atoms with van der Waals surface area (Å²) in [5, 5.41) is 9.19. The molecule has 1 N–H and O–H groups in total. The molecule has 1 rings (SSSR count). The molecule has 86 valence electrons. The van der Waals surface area contributed by atoms with E-state index in [0.717, 1.165) is 0 Å². The highest BCUT2D eigenvalue weighted by Gasteiger charge is 2.37. The van der Waals surface area contributed by atoms with Crippen molar-refractivity contribution in [1.29, 1.82) is 0 Å². The van der Waals surface area contributed by atoms with E-state index in [1.165, 1.54) is 13.8 Å². The molecular formula is C9H14O6. The SMILES string of the molecule is CC(=O)OC[C@H]1O[C@@H](O)C[C@@H]1OC(C)=O. The molecule has 1 fully saturated rings. The minimum absolute atomic E-state index is 0.0235. The molecular weight excluding hydrogens is 204 g/mol. The summed E-state index contributed by atoms with van der Waals surface area (Å²) in [5.41, 5.74) is 0. The van der Waals surface area contributed by atoms with Crippen molar-refractivity contribution in [2.24, 2.45) is 0 Å². The van der Waals surface area contributed by atoms with Gasteiger partial charge in [0.1, 0.15) is 18.8 Å². The quantitative estimate of drug-likeness (QED) is 0.648. The predicted octanol–water partition coefficient (Wildman–Crippen LogP) is -0.412. The van der Waals surface area contributed by atoms with Crippen LogP contribution in [-0.4, -0.2) is 42.1 Å². The summed E-state index contributed by atoms with van der Waals surface area (Å²) in [6.07, 6.45) is -1.93. The molecule has 0 radical (unpaired) electrons. The molecule has 1 aliphatic heterocycles. The molecule has 1 saturated heterocycles. The zero-order valence-electron chi connectivity index (χ0n) is 8.63.